The molecule has 0 spiro atoms. The molecule has 1 heterocycles. The second-order valence-electron chi connectivity index (χ2n) is 7.73. The molecule has 3 aromatic carbocycles. The molecule has 4 aromatic rings. The highest BCUT2D eigenvalue weighted by atomic mass is 35.5. The number of phenolic OH excluding ortho intramolecular Hbond substituents is 1. The number of aromatic nitrogens is 1. The van der Waals surface area contributed by atoms with Crippen LogP contribution < -0.4 is 16.4 Å². The maximum Gasteiger partial charge on any atom is 0.234 e. The van der Waals surface area contributed by atoms with E-state index in [9.17, 15) is 9.90 Å². The zero-order valence-electron chi connectivity index (χ0n) is 18.0. The van der Waals surface area contributed by atoms with Gasteiger partial charge in [-0.25, -0.2) is 0 Å². The topological polar surface area (TPSA) is 100 Å². The lowest BCUT2D eigenvalue weighted by molar-refractivity contribution is -0.120. The van der Waals surface area contributed by atoms with Gasteiger partial charge in [0.1, 0.15) is 11.3 Å². The van der Waals surface area contributed by atoms with E-state index in [1.807, 2.05) is 54.6 Å². The highest BCUT2D eigenvalue weighted by Crippen LogP contribution is 2.38. The Kier molecular flexibility index (Phi) is 7.19. The number of halogens is 1. The van der Waals surface area contributed by atoms with Crippen LogP contribution in [-0.4, -0.2) is 22.5 Å². The van der Waals surface area contributed by atoms with Crippen molar-refractivity contribution in [3.8, 4) is 5.75 Å². The minimum atomic E-state index is -0.619. The number of pyridine rings is 1. The lowest BCUT2D eigenvalue weighted by atomic mass is 9.95. The predicted octanol–water partition coefficient (Wildman–Crippen LogP) is 4.05. The van der Waals surface area contributed by atoms with Crippen LogP contribution in [0.15, 0.2) is 79.0 Å². The molecule has 0 bridgehead atoms. The zero-order chi connectivity index (χ0) is 23.2. The van der Waals surface area contributed by atoms with E-state index in [4.69, 9.17) is 17.3 Å². The first-order chi connectivity index (χ1) is 16.1. The van der Waals surface area contributed by atoms with Gasteiger partial charge < -0.3 is 21.5 Å². The Balaban J connectivity index is 1.62. The van der Waals surface area contributed by atoms with E-state index in [-0.39, 0.29) is 18.2 Å². The molecule has 0 aliphatic rings. The highest BCUT2D eigenvalue weighted by molar-refractivity contribution is 6.35. The summed E-state index contributed by atoms with van der Waals surface area (Å²) in [6.45, 7) is 1.10. The summed E-state index contributed by atoms with van der Waals surface area (Å²) in [6.07, 6.45) is 1.60. The number of benzene rings is 3. The Morgan fingerprint density at radius 1 is 1.03 bits per heavy atom. The Hall–Kier alpha value is -3.45. The molecular weight excluding hydrogens is 436 g/mol. The SMILES string of the molecule is NCc1ccc(C(NC(=O)CNCc2ccccc2)c2cc(Cl)c3cccnc3c2O)cc1. The average Bonchev–Trinajstić information content (AvgIpc) is 2.86. The van der Waals surface area contributed by atoms with Crippen LogP contribution in [0.3, 0.4) is 0 Å². The van der Waals surface area contributed by atoms with Gasteiger partial charge in [0.15, 0.2) is 0 Å². The standard InChI is InChI=1S/C26H25ClN4O2/c27-22-13-21(26(33)25-20(22)7-4-12-30-25)24(19-10-8-17(14-28)9-11-19)31-23(32)16-29-15-18-5-2-1-3-6-18/h1-13,24,29,33H,14-16,28H2,(H,31,32). The summed E-state index contributed by atoms with van der Waals surface area (Å²) in [6, 6.07) is 22.1. The van der Waals surface area contributed by atoms with Gasteiger partial charge in [0.25, 0.3) is 0 Å². The normalized spacial score (nSPS) is 11.9. The Morgan fingerprint density at radius 3 is 2.52 bits per heavy atom. The maximum absolute atomic E-state index is 12.8. The van der Waals surface area contributed by atoms with Gasteiger partial charge in [-0.2, -0.15) is 0 Å². The number of nitrogens with one attached hydrogen (secondary N) is 2. The second kappa shape index (κ2) is 10.4. The van der Waals surface area contributed by atoms with Crippen molar-refractivity contribution in [2.24, 2.45) is 5.73 Å². The number of fused-ring (bicyclic) bond motifs is 1. The average molecular weight is 461 g/mol. The molecule has 4 rings (SSSR count). The lowest BCUT2D eigenvalue weighted by Gasteiger charge is -2.22. The van der Waals surface area contributed by atoms with Crippen molar-refractivity contribution in [3.05, 3.63) is 106 Å². The van der Waals surface area contributed by atoms with Crippen LogP contribution in [0.5, 0.6) is 5.75 Å². The molecule has 0 aliphatic heterocycles. The second-order valence-corrected chi connectivity index (χ2v) is 8.14. The number of hydrogen-bond acceptors (Lipinski definition) is 5. The first-order valence-electron chi connectivity index (χ1n) is 10.7. The van der Waals surface area contributed by atoms with Gasteiger partial charge in [0.05, 0.1) is 17.6 Å². The Morgan fingerprint density at radius 2 is 1.79 bits per heavy atom. The number of carbonyl (C=O) groups is 1. The minimum Gasteiger partial charge on any atom is -0.505 e. The summed E-state index contributed by atoms with van der Waals surface area (Å²) in [7, 11) is 0. The number of carbonyl (C=O) groups excluding carboxylic acids is 1. The lowest BCUT2D eigenvalue weighted by Crippen LogP contribution is -2.36. The summed E-state index contributed by atoms with van der Waals surface area (Å²) >= 11 is 6.51. The van der Waals surface area contributed by atoms with E-state index in [1.54, 1.807) is 24.4 Å². The summed E-state index contributed by atoms with van der Waals surface area (Å²) in [5.41, 5.74) is 9.45. The highest BCUT2D eigenvalue weighted by Gasteiger charge is 2.23. The van der Waals surface area contributed by atoms with Crippen LogP contribution in [0.2, 0.25) is 5.02 Å². The molecule has 5 N–H and O–H groups in total. The fraction of sp³-hybridized carbons (Fsp3) is 0.154. The predicted molar refractivity (Wildman–Crippen MR) is 131 cm³/mol. The van der Waals surface area contributed by atoms with E-state index in [0.717, 1.165) is 16.7 Å². The fourth-order valence-electron chi connectivity index (χ4n) is 3.74. The molecule has 0 aliphatic carbocycles. The third kappa shape index (κ3) is 5.31. The molecule has 33 heavy (non-hydrogen) atoms. The number of phenols is 1. The molecule has 1 unspecified atom stereocenters. The van der Waals surface area contributed by atoms with Gasteiger partial charge in [-0.15, -0.1) is 0 Å². The molecule has 1 amide bonds. The van der Waals surface area contributed by atoms with Crippen LogP contribution in [-0.2, 0) is 17.9 Å². The fourth-order valence-corrected chi connectivity index (χ4v) is 4.01. The number of amides is 1. The van der Waals surface area contributed by atoms with Crippen LogP contribution in [0.4, 0.5) is 0 Å². The number of hydrogen-bond donors (Lipinski definition) is 4. The smallest absolute Gasteiger partial charge is 0.234 e. The van der Waals surface area contributed by atoms with Gasteiger partial charge >= 0.3 is 0 Å². The summed E-state index contributed by atoms with van der Waals surface area (Å²) < 4.78 is 0. The minimum absolute atomic E-state index is 0.0135. The van der Waals surface area contributed by atoms with Crippen molar-refractivity contribution in [3.63, 3.8) is 0 Å². The van der Waals surface area contributed by atoms with Gasteiger partial charge in [-0.1, -0.05) is 66.2 Å². The van der Waals surface area contributed by atoms with Gasteiger partial charge in [-0.3, -0.25) is 9.78 Å². The van der Waals surface area contributed by atoms with E-state index in [1.165, 1.54) is 0 Å². The first kappa shape index (κ1) is 22.7. The molecule has 0 saturated carbocycles. The molecule has 0 saturated heterocycles. The van der Waals surface area contributed by atoms with Gasteiger partial charge in [-0.05, 0) is 34.9 Å². The van der Waals surface area contributed by atoms with Crippen molar-refractivity contribution in [2.75, 3.05) is 6.54 Å². The Bertz CT molecular complexity index is 1250. The van der Waals surface area contributed by atoms with Crippen molar-refractivity contribution >= 4 is 28.4 Å². The van der Waals surface area contributed by atoms with E-state index < -0.39 is 6.04 Å². The molecule has 0 radical (unpaired) electrons. The van der Waals surface area contributed by atoms with Crippen LogP contribution >= 0.6 is 11.6 Å². The van der Waals surface area contributed by atoms with E-state index in [0.29, 0.717) is 34.6 Å². The summed E-state index contributed by atoms with van der Waals surface area (Å²) in [5.74, 6) is -0.226. The summed E-state index contributed by atoms with van der Waals surface area (Å²) in [4.78, 5) is 17.1. The molecule has 7 heteroatoms. The molecule has 0 fully saturated rings. The largest absolute Gasteiger partial charge is 0.505 e. The third-order valence-corrected chi connectivity index (χ3v) is 5.78. The quantitative estimate of drug-likeness (QED) is 0.318. The number of nitrogens with zero attached hydrogens (tertiary/aromatic N) is 1. The van der Waals surface area contributed by atoms with E-state index >= 15 is 0 Å². The maximum atomic E-state index is 12.8. The van der Waals surface area contributed by atoms with Crippen LogP contribution in [0.25, 0.3) is 10.9 Å². The van der Waals surface area contributed by atoms with Gasteiger partial charge in [0, 0.05) is 30.2 Å². The molecular formula is C26H25ClN4O2. The molecule has 1 atom stereocenters. The zero-order valence-corrected chi connectivity index (χ0v) is 18.7. The van der Waals surface area contributed by atoms with Gasteiger partial charge in [0.2, 0.25) is 5.91 Å². The van der Waals surface area contributed by atoms with Crippen LogP contribution in [0, 0.1) is 0 Å². The number of nitrogens with two attached hydrogens (primary N) is 1. The Labute approximate surface area is 197 Å². The molecule has 1 aromatic heterocycles. The number of aromatic hydroxyl groups is 1. The molecule has 6 nitrogen and oxygen atoms in total. The van der Waals surface area contributed by atoms with Crippen molar-refractivity contribution < 1.29 is 9.90 Å². The van der Waals surface area contributed by atoms with Crippen LogP contribution in [0.1, 0.15) is 28.3 Å². The first-order valence-corrected chi connectivity index (χ1v) is 11.0. The van der Waals surface area contributed by atoms with Crippen molar-refractivity contribution in [2.45, 2.75) is 19.1 Å². The third-order valence-electron chi connectivity index (χ3n) is 5.47. The monoisotopic (exact) mass is 460 g/mol. The van der Waals surface area contributed by atoms with E-state index in [2.05, 4.69) is 15.6 Å². The summed E-state index contributed by atoms with van der Waals surface area (Å²) in [5, 5.41) is 18.3. The van der Waals surface area contributed by atoms with Crippen molar-refractivity contribution in [1.82, 2.24) is 15.6 Å². The van der Waals surface area contributed by atoms with Crippen molar-refractivity contribution in [1.29, 1.82) is 0 Å². The molecule has 168 valence electrons. The number of rotatable bonds is 8.